The van der Waals surface area contributed by atoms with Crippen LogP contribution in [-0.2, 0) is 9.53 Å². The molecule has 0 aliphatic heterocycles. The fourth-order valence-corrected chi connectivity index (χ4v) is 4.17. The third-order valence-corrected chi connectivity index (χ3v) is 5.96. The van der Waals surface area contributed by atoms with Gasteiger partial charge in [-0.1, -0.05) is 19.8 Å². The predicted molar refractivity (Wildman–Crippen MR) is 98.1 cm³/mol. The Morgan fingerprint density at radius 1 is 1.17 bits per heavy atom. The molecule has 138 valence electrons. The van der Waals surface area contributed by atoms with Crippen LogP contribution in [0.15, 0.2) is 4.99 Å². The topological polar surface area (TPSA) is 62.7 Å². The number of hydrogen-bond donors (Lipinski definition) is 2. The molecule has 0 bridgehead atoms. The standard InChI is InChI=1S/C19H35N3O2/c1-4-19(12-6-7-13-19)14-21-18(20-3)22-16-10-8-15(9-11-16)17(23)24-5-2/h15-16H,4-14H2,1-3H3,(H2,20,21,22). The van der Waals surface area contributed by atoms with Gasteiger partial charge < -0.3 is 15.4 Å². The van der Waals surface area contributed by atoms with Crippen LogP contribution in [0.2, 0.25) is 0 Å². The van der Waals surface area contributed by atoms with Gasteiger partial charge in [-0.2, -0.15) is 0 Å². The van der Waals surface area contributed by atoms with Crippen molar-refractivity contribution in [3.8, 4) is 0 Å². The van der Waals surface area contributed by atoms with Gasteiger partial charge in [0.2, 0.25) is 0 Å². The van der Waals surface area contributed by atoms with Crippen LogP contribution >= 0.6 is 0 Å². The molecule has 2 N–H and O–H groups in total. The zero-order valence-electron chi connectivity index (χ0n) is 15.7. The molecule has 2 rings (SSSR count). The summed E-state index contributed by atoms with van der Waals surface area (Å²) in [4.78, 5) is 16.2. The Bertz CT molecular complexity index is 422. The van der Waals surface area contributed by atoms with E-state index in [1.807, 2.05) is 14.0 Å². The van der Waals surface area contributed by atoms with E-state index in [0.717, 1.165) is 38.2 Å². The summed E-state index contributed by atoms with van der Waals surface area (Å²) in [5.41, 5.74) is 0.458. The average molecular weight is 338 g/mol. The second-order valence-electron chi connectivity index (χ2n) is 7.43. The molecule has 0 unspecified atom stereocenters. The number of esters is 1. The average Bonchev–Trinajstić information content (AvgIpc) is 3.09. The summed E-state index contributed by atoms with van der Waals surface area (Å²) in [5, 5.41) is 7.10. The molecule has 0 amide bonds. The number of carbonyl (C=O) groups excluding carboxylic acids is 1. The van der Waals surface area contributed by atoms with E-state index in [9.17, 15) is 4.79 Å². The van der Waals surface area contributed by atoms with Crippen molar-refractivity contribution in [1.29, 1.82) is 0 Å². The third kappa shape index (κ3) is 5.12. The van der Waals surface area contributed by atoms with Gasteiger partial charge in [0.15, 0.2) is 5.96 Å². The first-order chi connectivity index (χ1) is 11.6. The van der Waals surface area contributed by atoms with Gasteiger partial charge in [-0.3, -0.25) is 9.79 Å². The number of hydrogen-bond acceptors (Lipinski definition) is 3. The lowest BCUT2D eigenvalue weighted by Crippen LogP contribution is -2.48. The van der Waals surface area contributed by atoms with E-state index < -0.39 is 0 Å². The van der Waals surface area contributed by atoms with Crippen molar-refractivity contribution in [2.75, 3.05) is 20.2 Å². The maximum absolute atomic E-state index is 11.8. The van der Waals surface area contributed by atoms with E-state index in [0.29, 0.717) is 18.1 Å². The molecule has 2 saturated carbocycles. The largest absolute Gasteiger partial charge is 0.466 e. The van der Waals surface area contributed by atoms with E-state index in [-0.39, 0.29) is 11.9 Å². The van der Waals surface area contributed by atoms with Crippen LogP contribution in [0, 0.1) is 11.3 Å². The number of carbonyl (C=O) groups is 1. The molecule has 0 spiro atoms. The molecule has 0 aromatic rings. The maximum Gasteiger partial charge on any atom is 0.308 e. The van der Waals surface area contributed by atoms with Gasteiger partial charge in [-0.05, 0) is 57.3 Å². The van der Waals surface area contributed by atoms with Gasteiger partial charge in [-0.15, -0.1) is 0 Å². The lowest BCUT2D eigenvalue weighted by atomic mass is 9.83. The Morgan fingerprint density at radius 3 is 2.38 bits per heavy atom. The molecule has 0 heterocycles. The first-order valence-electron chi connectivity index (χ1n) is 9.76. The highest BCUT2D eigenvalue weighted by Crippen LogP contribution is 2.40. The summed E-state index contributed by atoms with van der Waals surface area (Å²) in [6.07, 6.45) is 10.4. The number of ether oxygens (including phenoxy) is 1. The highest BCUT2D eigenvalue weighted by Gasteiger charge is 2.32. The van der Waals surface area contributed by atoms with Crippen molar-refractivity contribution in [2.45, 2.75) is 77.7 Å². The Balaban J connectivity index is 1.75. The Morgan fingerprint density at radius 2 is 1.83 bits per heavy atom. The smallest absolute Gasteiger partial charge is 0.308 e. The van der Waals surface area contributed by atoms with E-state index in [4.69, 9.17) is 4.74 Å². The number of nitrogens with one attached hydrogen (secondary N) is 2. The van der Waals surface area contributed by atoms with Crippen molar-refractivity contribution >= 4 is 11.9 Å². The first-order valence-corrected chi connectivity index (χ1v) is 9.76. The van der Waals surface area contributed by atoms with E-state index in [1.165, 1.54) is 32.1 Å². The van der Waals surface area contributed by atoms with Gasteiger partial charge in [0.25, 0.3) is 0 Å². The monoisotopic (exact) mass is 337 g/mol. The SMILES string of the molecule is CCOC(=O)C1CCC(NC(=NC)NCC2(CC)CCCC2)CC1. The van der Waals surface area contributed by atoms with Crippen molar-refractivity contribution in [3.63, 3.8) is 0 Å². The molecule has 0 radical (unpaired) electrons. The van der Waals surface area contributed by atoms with Crippen molar-refractivity contribution in [1.82, 2.24) is 10.6 Å². The fraction of sp³-hybridized carbons (Fsp3) is 0.895. The third-order valence-electron chi connectivity index (χ3n) is 5.96. The predicted octanol–water partition coefficient (Wildman–Crippen LogP) is 3.24. The zero-order valence-corrected chi connectivity index (χ0v) is 15.7. The first kappa shape index (κ1) is 19.1. The molecule has 5 heteroatoms. The molecule has 2 fully saturated rings. The fourth-order valence-electron chi connectivity index (χ4n) is 4.17. The van der Waals surface area contributed by atoms with Crippen LogP contribution in [0.1, 0.15) is 71.6 Å². The van der Waals surface area contributed by atoms with Crippen molar-refractivity contribution in [3.05, 3.63) is 0 Å². The lowest BCUT2D eigenvalue weighted by molar-refractivity contribution is -0.149. The van der Waals surface area contributed by atoms with Crippen LogP contribution < -0.4 is 10.6 Å². The molecule has 24 heavy (non-hydrogen) atoms. The molecule has 0 aromatic carbocycles. The van der Waals surface area contributed by atoms with Gasteiger partial charge in [0.1, 0.15) is 0 Å². The molecular weight excluding hydrogens is 302 g/mol. The quantitative estimate of drug-likeness (QED) is 0.444. The normalized spacial score (nSPS) is 26.9. The maximum atomic E-state index is 11.8. The lowest BCUT2D eigenvalue weighted by Gasteiger charge is -2.31. The summed E-state index contributed by atoms with van der Waals surface area (Å²) in [6, 6.07) is 0.406. The highest BCUT2D eigenvalue weighted by atomic mass is 16.5. The molecular formula is C19H35N3O2. The van der Waals surface area contributed by atoms with Gasteiger partial charge in [-0.25, -0.2) is 0 Å². The Labute approximate surface area is 147 Å². The van der Waals surface area contributed by atoms with Crippen LogP contribution in [0.25, 0.3) is 0 Å². The van der Waals surface area contributed by atoms with E-state index in [2.05, 4.69) is 22.5 Å². The van der Waals surface area contributed by atoms with Crippen LogP contribution in [0.4, 0.5) is 0 Å². The second kappa shape index (κ2) is 9.28. The van der Waals surface area contributed by atoms with E-state index >= 15 is 0 Å². The minimum Gasteiger partial charge on any atom is -0.466 e. The van der Waals surface area contributed by atoms with Crippen molar-refractivity contribution in [2.24, 2.45) is 16.3 Å². The second-order valence-corrected chi connectivity index (χ2v) is 7.43. The number of guanidine groups is 1. The van der Waals surface area contributed by atoms with Gasteiger partial charge in [0, 0.05) is 19.6 Å². The van der Waals surface area contributed by atoms with Crippen LogP contribution in [-0.4, -0.2) is 38.2 Å². The Hall–Kier alpha value is -1.26. The van der Waals surface area contributed by atoms with Crippen molar-refractivity contribution < 1.29 is 9.53 Å². The van der Waals surface area contributed by atoms with Gasteiger partial charge in [0.05, 0.1) is 12.5 Å². The number of nitrogens with zero attached hydrogens (tertiary/aromatic N) is 1. The molecule has 2 aliphatic carbocycles. The summed E-state index contributed by atoms with van der Waals surface area (Å²) < 4.78 is 5.14. The Kier molecular flexibility index (Phi) is 7.38. The minimum atomic E-state index is -0.0235. The number of aliphatic imine (C=N–C) groups is 1. The molecule has 2 aliphatic rings. The summed E-state index contributed by atoms with van der Waals surface area (Å²) >= 11 is 0. The zero-order chi connectivity index (χ0) is 17.4. The summed E-state index contributed by atoms with van der Waals surface area (Å²) in [5.74, 6) is 0.971. The number of rotatable bonds is 6. The molecule has 0 saturated heterocycles. The van der Waals surface area contributed by atoms with Gasteiger partial charge >= 0.3 is 5.97 Å². The molecule has 0 atom stereocenters. The van der Waals surface area contributed by atoms with Crippen LogP contribution in [0.3, 0.4) is 0 Å². The molecule has 5 nitrogen and oxygen atoms in total. The minimum absolute atomic E-state index is 0.0235. The van der Waals surface area contributed by atoms with Crippen LogP contribution in [0.5, 0.6) is 0 Å². The molecule has 0 aromatic heterocycles. The summed E-state index contributed by atoms with van der Waals surface area (Å²) in [7, 11) is 1.84. The van der Waals surface area contributed by atoms with E-state index in [1.54, 1.807) is 0 Å². The summed E-state index contributed by atoms with van der Waals surface area (Å²) in [6.45, 7) is 5.67. The highest BCUT2D eigenvalue weighted by molar-refractivity contribution is 5.80.